The molecule has 1 aliphatic rings. The first kappa shape index (κ1) is 15.4. The third-order valence-corrected chi connectivity index (χ3v) is 4.32. The molecule has 0 saturated heterocycles. The van der Waals surface area contributed by atoms with Crippen LogP contribution >= 0.6 is 11.3 Å². The highest BCUT2D eigenvalue weighted by molar-refractivity contribution is 7.14. The number of carbonyl (C=O) groups excluding carboxylic acids is 1. The van der Waals surface area contributed by atoms with E-state index in [1.54, 1.807) is 0 Å². The average molecular weight is 333 g/mol. The fourth-order valence-electron chi connectivity index (χ4n) is 2.31. The van der Waals surface area contributed by atoms with Crippen LogP contribution in [0.2, 0.25) is 0 Å². The van der Waals surface area contributed by atoms with Gasteiger partial charge >= 0.3 is 0 Å². The molecule has 0 bridgehead atoms. The average Bonchev–Trinajstić information content (AvgIpc) is 3.22. The van der Waals surface area contributed by atoms with Crippen molar-refractivity contribution in [2.75, 3.05) is 11.9 Å². The van der Waals surface area contributed by atoms with Crippen molar-refractivity contribution >= 4 is 22.4 Å². The highest BCUT2D eigenvalue weighted by Crippen LogP contribution is 2.36. The number of anilines is 1. The monoisotopic (exact) mass is 333 g/mol. The van der Waals surface area contributed by atoms with Crippen molar-refractivity contribution in [3.63, 3.8) is 0 Å². The molecule has 1 N–H and O–H groups in total. The Morgan fingerprint density at radius 3 is 3.00 bits per heavy atom. The summed E-state index contributed by atoms with van der Waals surface area (Å²) in [6.07, 6.45) is 0.296. The second-order valence-electron chi connectivity index (χ2n) is 5.15. The number of ether oxygens (including phenoxy) is 1. The van der Waals surface area contributed by atoms with Crippen molar-refractivity contribution in [1.82, 2.24) is 4.98 Å². The number of hydrogen-bond acceptors (Lipinski definition) is 6. The Kier molecular flexibility index (Phi) is 4.24. The van der Waals surface area contributed by atoms with Gasteiger partial charge in [-0.1, -0.05) is 12.1 Å². The molecule has 8 heteroatoms. The Balaban J connectivity index is 1.72. The van der Waals surface area contributed by atoms with E-state index in [4.69, 9.17) is 4.74 Å². The molecule has 2 unspecified atom stereocenters. The van der Waals surface area contributed by atoms with Crippen molar-refractivity contribution in [1.29, 1.82) is 0 Å². The summed E-state index contributed by atoms with van der Waals surface area (Å²) < 4.78 is 5.57. The van der Waals surface area contributed by atoms with Gasteiger partial charge in [0.05, 0.1) is 12.3 Å². The van der Waals surface area contributed by atoms with Gasteiger partial charge in [-0.15, -0.1) is 11.3 Å². The summed E-state index contributed by atoms with van der Waals surface area (Å²) >= 11 is 1.29. The summed E-state index contributed by atoms with van der Waals surface area (Å²) in [4.78, 5) is 26.5. The van der Waals surface area contributed by atoms with Gasteiger partial charge in [0, 0.05) is 22.3 Å². The summed E-state index contributed by atoms with van der Waals surface area (Å²) in [6, 6.07) is 6.78. The second-order valence-corrected chi connectivity index (χ2v) is 6.01. The van der Waals surface area contributed by atoms with Gasteiger partial charge in [0.2, 0.25) is 11.9 Å². The van der Waals surface area contributed by atoms with E-state index in [9.17, 15) is 14.9 Å². The van der Waals surface area contributed by atoms with Crippen LogP contribution in [0.3, 0.4) is 0 Å². The molecule has 0 aliphatic heterocycles. The van der Waals surface area contributed by atoms with Gasteiger partial charge in [0.25, 0.3) is 0 Å². The van der Waals surface area contributed by atoms with Gasteiger partial charge in [0.15, 0.2) is 5.13 Å². The standard InChI is InChI=1S/C15H15N3O4S/c1-2-22-13-6-4-3-5-9(13)11-8-23-15(16-11)17-14(19)10-7-12(10)18(20)21/h3-6,8,10,12H,2,7H2,1H3,(H,16,17,19). The fraction of sp³-hybridized carbons (Fsp3) is 0.333. The van der Waals surface area contributed by atoms with Crippen LogP contribution in [0, 0.1) is 16.0 Å². The van der Waals surface area contributed by atoms with Crippen LogP contribution < -0.4 is 10.1 Å². The lowest BCUT2D eigenvalue weighted by Gasteiger charge is -2.07. The van der Waals surface area contributed by atoms with Crippen LogP contribution in [-0.2, 0) is 4.79 Å². The molecule has 1 aromatic carbocycles. The van der Waals surface area contributed by atoms with E-state index in [0.717, 1.165) is 11.3 Å². The summed E-state index contributed by atoms with van der Waals surface area (Å²) in [7, 11) is 0. The van der Waals surface area contributed by atoms with E-state index in [2.05, 4.69) is 10.3 Å². The molecule has 120 valence electrons. The molecule has 1 heterocycles. The van der Waals surface area contributed by atoms with Crippen LogP contribution in [0.1, 0.15) is 13.3 Å². The smallest absolute Gasteiger partial charge is 0.236 e. The molecule has 1 saturated carbocycles. The molecular formula is C15H15N3O4S. The number of thiazole rings is 1. The fourth-order valence-corrected chi connectivity index (χ4v) is 3.02. The number of amides is 1. The Hall–Kier alpha value is -2.48. The first-order valence-electron chi connectivity index (χ1n) is 7.22. The van der Waals surface area contributed by atoms with Crippen LogP contribution in [0.25, 0.3) is 11.3 Å². The van der Waals surface area contributed by atoms with Crippen LogP contribution in [-0.4, -0.2) is 28.5 Å². The third kappa shape index (κ3) is 3.31. The number of nitrogens with zero attached hydrogens (tertiary/aromatic N) is 2. The van der Waals surface area contributed by atoms with E-state index in [-0.39, 0.29) is 5.91 Å². The van der Waals surface area contributed by atoms with Gasteiger partial charge < -0.3 is 10.1 Å². The Bertz CT molecular complexity index is 746. The molecule has 1 aromatic heterocycles. The summed E-state index contributed by atoms with van der Waals surface area (Å²) in [5.41, 5.74) is 1.55. The third-order valence-electron chi connectivity index (χ3n) is 3.56. The number of nitro groups is 1. The maximum absolute atomic E-state index is 11.9. The molecule has 2 atom stereocenters. The predicted octanol–water partition coefficient (Wildman–Crippen LogP) is 2.81. The molecule has 7 nitrogen and oxygen atoms in total. The van der Waals surface area contributed by atoms with E-state index in [1.807, 2.05) is 36.6 Å². The largest absolute Gasteiger partial charge is 0.493 e. The first-order chi connectivity index (χ1) is 11.1. The summed E-state index contributed by atoms with van der Waals surface area (Å²) in [5.74, 6) is -0.160. The zero-order valence-electron chi connectivity index (χ0n) is 12.4. The van der Waals surface area contributed by atoms with Gasteiger partial charge in [-0.05, 0) is 19.1 Å². The molecule has 0 radical (unpaired) electrons. The molecule has 1 fully saturated rings. The van der Waals surface area contributed by atoms with Gasteiger partial charge in [-0.2, -0.15) is 0 Å². The number of rotatable bonds is 6. The minimum absolute atomic E-state index is 0.296. The number of aromatic nitrogens is 1. The van der Waals surface area contributed by atoms with E-state index in [1.165, 1.54) is 11.3 Å². The minimum Gasteiger partial charge on any atom is -0.493 e. The quantitative estimate of drug-likeness (QED) is 0.648. The number of benzene rings is 1. The number of nitrogens with one attached hydrogen (secondary N) is 1. The molecule has 23 heavy (non-hydrogen) atoms. The zero-order chi connectivity index (χ0) is 16.4. The van der Waals surface area contributed by atoms with Crippen LogP contribution in [0.5, 0.6) is 5.75 Å². The SMILES string of the molecule is CCOc1ccccc1-c1csc(NC(=O)C2CC2[N+](=O)[O-])n1. The second kappa shape index (κ2) is 6.33. The topological polar surface area (TPSA) is 94.4 Å². The van der Waals surface area contributed by atoms with E-state index >= 15 is 0 Å². The van der Waals surface area contributed by atoms with Crippen molar-refractivity contribution < 1.29 is 14.5 Å². The van der Waals surface area contributed by atoms with Crippen molar-refractivity contribution in [3.05, 3.63) is 39.8 Å². The number of para-hydroxylation sites is 1. The molecule has 1 amide bonds. The van der Waals surface area contributed by atoms with Gasteiger partial charge in [-0.3, -0.25) is 14.9 Å². The van der Waals surface area contributed by atoms with Crippen LogP contribution in [0.4, 0.5) is 5.13 Å². The Morgan fingerprint density at radius 1 is 1.52 bits per heavy atom. The van der Waals surface area contributed by atoms with Gasteiger partial charge in [-0.25, -0.2) is 4.98 Å². The highest BCUT2D eigenvalue weighted by atomic mass is 32.1. The molecule has 1 aliphatic carbocycles. The molecule has 2 aromatic rings. The van der Waals surface area contributed by atoms with Crippen LogP contribution in [0.15, 0.2) is 29.6 Å². The lowest BCUT2D eigenvalue weighted by Crippen LogP contribution is -2.18. The Morgan fingerprint density at radius 2 is 2.30 bits per heavy atom. The zero-order valence-corrected chi connectivity index (χ0v) is 13.2. The lowest BCUT2D eigenvalue weighted by atomic mass is 10.1. The highest BCUT2D eigenvalue weighted by Gasteiger charge is 2.53. The first-order valence-corrected chi connectivity index (χ1v) is 8.10. The summed E-state index contributed by atoms with van der Waals surface area (Å²) in [5, 5.41) is 15.5. The van der Waals surface area contributed by atoms with Gasteiger partial charge in [0.1, 0.15) is 11.7 Å². The van der Waals surface area contributed by atoms with Crippen molar-refractivity contribution in [2.45, 2.75) is 19.4 Å². The van der Waals surface area contributed by atoms with Crippen molar-refractivity contribution in [3.8, 4) is 17.0 Å². The van der Waals surface area contributed by atoms with E-state index in [0.29, 0.717) is 23.9 Å². The number of hydrogen-bond donors (Lipinski definition) is 1. The minimum atomic E-state index is -0.756. The maximum atomic E-state index is 11.9. The maximum Gasteiger partial charge on any atom is 0.236 e. The summed E-state index contributed by atoms with van der Waals surface area (Å²) in [6.45, 7) is 2.46. The van der Waals surface area contributed by atoms with E-state index < -0.39 is 16.9 Å². The van der Waals surface area contributed by atoms with Crippen molar-refractivity contribution in [2.24, 2.45) is 5.92 Å². The lowest BCUT2D eigenvalue weighted by molar-refractivity contribution is -0.497. The Labute approximate surface area is 136 Å². The molecular weight excluding hydrogens is 318 g/mol. The molecule has 3 rings (SSSR count). The normalized spacial score (nSPS) is 19.2. The number of carbonyl (C=O) groups is 1. The molecule has 0 spiro atoms. The predicted molar refractivity (Wildman–Crippen MR) is 86.2 cm³/mol.